The fourth-order valence-corrected chi connectivity index (χ4v) is 4.32. The second kappa shape index (κ2) is 6.59. The van der Waals surface area contributed by atoms with E-state index in [9.17, 15) is 13.2 Å². The number of nitrogens with zero attached hydrogens (tertiary/aromatic N) is 1. The van der Waals surface area contributed by atoms with Crippen LogP contribution in [0.5, 0.6) is 0 Å². The van der Waals surface area contributed by atoms with Crippen molar-refractivity contribution < 1.29 is 23.1 Å². The summed E-state index contributed by atoms with van der Waals surface area (Å²) in [5, 5.41) is 9.10. The number of hydrogen-bond acceptors (Lipinski definition) is 4. The molecule has 0 aliphatic heterocycles. The summed E-state index contributed by atoms with van der Waals surface area (Å²) < 4.78 is 31.9. The number of hydrogen-bond donors (Lipinski definition) is 2. The highest BCUT2D eigenvalue weighted by atomic mass is 32.2. The highest BCUT2D eigenvalue weighted by molar-refractivity contribution is 7.89. The van der Waals surface area contributed by atoms with E-state index < -0.39 is 16.0 Å². The monoisotopic (exact) mass is 318 g/mol. The maximum Gasteiger partial charge on any atom is 0.352 e. The number of rotatable bonds is 7. The lowest BCUT2D eigenvalue weighted by Crippen LogP contribution is -2.39. The number of aromatic nitrogens is 1. The van der Waals surface area contributed by atoms with Gasteiger partial charge in [0.15, 0.2) is 0 Å². The molecule has 0 radical (unpaired) electrons. The van der Waals surface area contributed by atoms with Crippen LogP contribution in [0, 0.1) is 13.8 Å². The molecule has 0 fully saturated rings. The van der Waals surface area contributed by atoms with Gasteiger partial charge in [-0.2, -0.15) is 4.31 Å². The Bertz CT molecular complexity index is 619. The fraction of sp³-hybridized carbons (Fsp3) is 0.615. The van der Waals surface area contributed by atoms with Crippen LogP contribution in [0.25, 0.3) is 0 Å². The number of aryl methyl sites for hydroxylation is 1. The van der Waals surface area contributed by atoms with Crippen molar-refractivity contribution in [3.8, 4) is 0 Å². The van der Waals surface area contributed by atoms with Gasteiger partial charge in [-0.1, -0.05) is 0 Å². The number of carboxylic acids is 1. The summed E-state index contributed by atoms with van der Waals surface area (Å²) in [5.74, 6) is -1.18. The number of sulfonamides is 1. The molecule has 0 saturated carbocycles. The molecule has 0 spiro atoms. The maximum atomic E-state index is 12.8. The van der Waals surface area contributed by atoms with E-state index in [0.717, 1.165) is 0 Å². The number of ether oxygens (including phenoxy) is 1. The first-order chi connectivity index (χ1) is 9.64. The topological polar surface area (TPSA) is 99.7 Å². The molecule has 0 aliphatic rings. The Morgan fingerprint density at radius 3 is 2.33 bits per heavy atom. The molecule has 21 heavy (non-hydrogen) atoms. The van der Waals surface area contributed by atoms with Gasteiger partial charge in [-0.15, -0.1) is 0 Å². The number of carboxylic acid groups (broad SMARTS) is 1. The van der Waals surface area contributed by atoms with Crippen LogP contribution >= 0.6 is 0 Å². The maximum absolute atomic E-state index is 12.8. The lowest BCUT2D eigenvalue weighted by molar-refractivity contribution is 0.0690. The molecule has 1 aromatic rings. The summed E-state index contributed by atoms with van der Waals surface area (Å²) >= 11 is 0. The smallest absolute Gasteiger partial charge is 0.352 e. The van der Waals surface area contributed by atoms with Gasteiger partial charge in [-0.3, -0.25) is 0 Å². The molecular formula is C13H22N2O5S. The SMILES string of the molecule is COCCN(C(C)C)S(=O)(=O)c1c(C)[nH]c(C(=O)O)c1C. The van der Waals surface area contributed by atoms with Crippen LogP contribution in [0.2, 0.25) is 0 Å². The van der Waals surface area contributed by atoms with Crippen molar-refractivity contribution >= 4 is 16.0 Å². The van der Waals surface area contributed by atoms with Crippen molar-refractivity contribution in [1.29, 1.82) is 0 Å². The van der Waals surface area contributed by atoms with Crippen molar-refractivity contribution in [2.75, 3.05) is 20.3 Å². The zero-order valence-corrected chi connectivity index (χ0v) is 13.7. The van der Waals surface area contributed by atoms with E-state index in [0.29, 0.717) is 5.69 Å². The molecule has 0 aromatic carbocycles. The quantitative estimate of drug-likeness (QED) is 0.791. The van der Waals surface area contributed by atoms with Gasteiger partial charge in [0.05, 0.1) is 6.61 Å². The van der Waals surface area contributed by atoms with Crippen LogP contribution in [0.15, 0.2) is 4.90 Å². The first-order valence-corrected chi connectivity index (χ1v) is 8.01. The number of aromatic amines is 1. The van der Waals surface area contributed by atoms with E-state index in [4.69, 9.17) is 9.84 Å². The second-order valence-electron chi connectivity index (χ2n) is 5.09. The molecule has 0 amide bonds. The van der Waals surface area contributed by atoms with E-state index in [2.05, 4.69) is 4.98 Å². The molecule has 1 rings (SSSR count). The lowest BCUT2D eigenvalue weighted by atomic mass is 10.2. The molecule has 1 heterocycles. The summed E-state index contributed by atoms with van der Waals surface area (Å²) in [6.07, 6.45) is 0. The van der Waals surface area contributed by atoms with E-state index in [1.807, 2.05) is 0 Å². The van der Waals surface area contributed by atoms with E-state index in [1.54, 1.807) is 20.8 Å². The minimum Gasteiger partial charge on any atom is -0.477 e. The van der Waals surface area contributed by atoms with Crippen molar-refractivity contribution in [2.24, 2.45) is 0 Å². The number of aromatic carboxylic acids is 1. The Kier molecular flexibility index (Phi) is 5.54. The van der Waals surface area contributed by atoms with Gasteiger partial charge in [0, 0.05) is 31.0 Å². The summed E-state index contributed by atoms with van der Waals surface area (Å²) in [6, 6.07) is -0.257. The highest BCUT2D eigenvalue weighted by Crippen LogP contribution is 2.27. The molecule has 0 atom stereocenters. The first kappa shape index (κ1) is 17.7. The molecule has 8 heteroatoms. The van der Waals surface area contributed by atoms with Crippen molar-refractivity contribution in [2.45, 2.75) is 38.6 Å². The molecule has 1 aromatic heterocycles. The molecule has 0 saturated heterocycles. The minimum atomic E-state index is -3.79. The van der Waals surface area contributed by atoms with Gasteiger partial charge in [0.1, 0.15) is 10.6 Å². The average molecular weight is 318 g/mol. The molecule has 0 bridgehead atoms. The van der Waals surface area contributed by atoms with Gasteiger partial charge in [0.25, 0.3) is 0 Å². The van der Waals surface area contributed by atoms with E-state index in [-0.39, 0.29) is 35.3 Å². The molecular weight excluding hydrogens is 296 g/mol. The normalized spacial score (nSPS) is 12.3. The van der Waals surface area contributed by atoms with Crippen molar-refractivity contribution in [3.63, 3.8) is 0 Å². The summed E-state index contributed by atoms with van der Waals surface area (Å²) in [7, 11) is -2.29. The Balaban J connectivity index is 3.38. The molecule has 7 nitrogen and oxygen atoms in total. The van der Waals surface area contributed by atoms with Gasteiger partial charge >= 0.3 is 5.97 Å². The summed E-state index contributed by atoms with van der Waals surface area (Å²) in [5.41, 5.74) is 0.456. The van der Waals surface area contributed by atoms with Crippen molar-refractivity contribution in [3.05, 3.63) is 17.0 Å². The standard InChI is InChI=1S/C13H22N2O5S/c1-8(2)15(6-7-20-5)21(18,19)12-9(3)11(13(16)17)14-10(12)4/h8,14H,6-7H2,1-5H3,(H,16,17). The van der Waals surface area contributed by atoms with Gasteiger partial charge in [-0.05, 0) is 27.7 Å². The molecule has 120 valence electrons. The third-order valence-corrected chi connectivity index (χ3v) is 5.59. The Morgan fingerprint density at radius 2 is 1.95 bits per heavy atom. The second-order valence-corrected chi connectivity index (χ2v) is 6.91. The van der Waals surface area contributed by atoms with Gasteiger partial charge in [-0.25, -0.2) is 13.2 Å². The first-order valence-electron chi connectivity index (χ1n) is 6.57. The van der Waals surface area contributed by atoms with Crippen molar-refractivity contribution in [1.82, 2.24) is 9.29 Å². The summed E-state index contributed by atoms with van der Waals surface area (Å²) in [4.78, 5) is 13.8. The van der Waals surface area contributed by atoms with Crippen LogP contribution in [-0.2, 0) is 14.8 Å². The number of carbonyl (C=O) groups is 1. The largest absolute Gasteiger partial charge is 0.477 e. The van der Waals surface area contributed by atoms with E-state index >= 15 is 0 Å². The zero-order valence-electron chi connectivity index (χ0n) is 12.9. The Hall–Kier alpha value is -1.38. The lowest BCUT2D eigenvalue weighted by Gasteiger charge is -2.26. The van der Waals surface area contributed by atoms with Crippen LogP contribution in [-0.4, -0.2) is 55.1 Å². The average Bonchev–Trinajstić information content (AvgIpc) is 2.65. The minimum absolute atomic E-state index is 0.0321. The number of methoxy groups -OCH3 is 1. The fourth-order valence-electron chi connectivity index (χ4n) is 2.29. The Morgan fingerprint density at radius 1 is 1.38 bits per heavy atom. The third-order valence-electron chi connectivity index (χ3n) is 3.24. The van der Waals surface area contributed by atoms with Crippen LogP contribution in [0.3, 0.4) is 0 Å². The number of nitrogens with one attached hydrogen (secondary N) is 1. The predicted octanol–water partition coefficient (Wildman–Crippen LogP) is 1.38. The summed E-state index contributed by atoms with van der Waals surface area (Å²) in [6.45, 7) is 7.07. The van der Waals surface area contributed by atoms with Crippen LogP contribution in [0.4, 0.5) is 0 Å². The Labute approximate surface area is 125 Å². The molecule has 0 aliphatic carbocycles. The van der Waals surface area contributed by atoms with Crippen LogP contribution < -0.4 is 0 Å². The third kappa shape index (κ3) is 3.45. The van der Waals surface area contributed by atoms with Gasteiger partial charge < -0.3 is 14.8 Å². The number of H-pyrrole nitrogens is 1. The highest BCUT2D eigenvalue weighted by Gasteiger charge is 2.32. The molecule has 0 unspecified atom stereocenters. The van der Waals surface area contributed by atoms with E-state index in [1.165, 1.54) is 18.3 Å². The van der Waals surface area contributed by atoms with Gasteiger partial charge in [0.2, 0.25) is 10.0 Å². The molecule has 2 N–H and O–H groups in total. The predicted molar refractivity (Wildman–Crippen MR) is 78.1 cm³/mol. The zero-order chi connectivity index (χ0) is 16.4. The van der Waals surface area contributed by atoms with Crippen LogP contribution in [0.1, 0.15) is 35.6 Å².